The number of hydrogen-bond donors (Lipinski definition) is 2. The van der Waals surface area contributed by atoms with Crippen molar-refractivity contribution >= 4 is 23.4 Å². The smallest absolute Gasteiger partial charge is 0.410 e. The Morgan fingerprint density at radius 2 is 2.09 bits per heavy atom. The molecule has 6 nitrogen and oxygen atoms in total. The summed E-state index contributed by atoms with van der Waals surface area (Å²) in [4.78, 5) is 13.3. The van der Waals surface area contributed by atoms with Gasteiger partial charge in [-0.1, -0.05) is 11.6 Å². The Balaban J connectivity index is 2.18. The minimum atomic E-state index is -1.32. The number of likely N-dealkylation sites (tertiary alicyclic amines) is 1. The van der Waals surface area contributed by atoms with Crippen molar-refractivity contribution in [2.75, 3.05) is 18.8 Å². The molecule has 0 aromatic heterocycles. The molecule has 1 heterocycles. The van der Waals surface area contributed by atoms with Gasteiger partial charge in [-0.05, 0) is 32.9 Å². The number of aliphatic hydroxyl groups is 1. The van der Waals surface area contributed by atoms with Crippen LogP contribution in [-0.2, 0) is 10.3 Å². The fourth-order valence-corrected chi connectivity index (χ4v) is 2.55. The number of carbonyl (C=O) groups is 1. The molecule has 1 saturated heterocycles. The zero-order valence-corrected chi connectivity index (χ0v) is 13.4. The van der Waals surface area contributed by atoms with Crippen LogP contribution >= 0.6 is 11.6 Å². The highest BCUT2D eigenvalue weighted by atomic mass is 35.5. The van der Waals surface area contributed by atoms with Crippen molar-refractivity contribution in [3.05, 3.63) is 28.3 Å². The van der Waals surface area contributed by atoms with Crippen molar-refractivity contribution in [3.8, 4) is 6.07 Å². The lowest BCUT2D eigenvalue weighted by atomic mass is 9.85. The van der Waals surface area contributed by atoms with Crippen LogP contribution in [0.3, 0.4) is 0 Å². The number of carbonyl (C=O) groups excluding carboxylic acids is 1. The first kappa shape index (κ1) is 16.4. The zero-order valence-electron chi connectivity index (χ0n) is 12.7. The van der Waals surface area contributed by atoms with E-state index in [1.807, 2.05) is 6.07 Å². The van der Waals surface area contributed by atoms with Crippen LogP contribution in [0.2, 0.25) is 5.02 Å². The number of β-amino-alcohol motifs (C(OH)–C–C–N with tert-alkyl or cyclic N) is 1. The highest BCUT2D eigenvalue weighted by Gasteiger charge is 2.47. The van der Waals surface area contributed by atoms with Gasteiger partial charge in [-0.25, -0.2) is 4.79 Å². The molecule has 1 aliphatic heterocycles. The van der Waals surface area contributed by atoms with Gasteiger partial charge in [0.2, 0.25) is 0 Å². The van der Waals surface area contributed by atoms with Crippen LogP contribution in [0.1, 0.15) is 31.9 Å². The Labute approximate surface area is 134 Å². The Kier molecular flexibility index (Phi) is 3.98. The zero-order chi connectivity index (χ0) is 16.7. The van der Waals surface area contributed by atoms with Crippen molar-refractivity contribution in [1.29, 1.82) is 5.26 Å². The largest absolute Gasteiger partial charge is 0.444 e. The SMILES string of the molecule is CC(C)(C)OC(=O)N1CC(O)(c2cc(C#N)cc(N)c2Cl)C1. The lowest BCUT2D eigenvalue weighted by molar-refractivity contribution is -0.103. The number of rotatable bonds is 1. The van der Waals surface area contributed by atoms with E-state index in [-0.39, 0.29) is 23.8 Å². The second-order valence-corrected chi connectivity index (χ2v) is 6.78. The van der Waals surface area contributed by atoms with Gasteiger partial charge >= 0.3 is 6.09 Å². The van der Waals surface area contributed by atoms with Crippen LogP contribution in [0.4, 0.5) is 10.5 Å². The quantitative estimate of drug-likeness (QED) is 0.772. The molecule has 0 aliphatic carbocycles. The van der Waals surface area contributed by atoms with Crippen molar-refractivity contribution < 1.29 is 14.6 Å². The number of hydrogen-bond acceptors (Lipinski definition) is 5. The molecule has 1 aromatic rings. The highest BCUT2D eigenvalue weighted by Crippen LogP contribution is 2.39. The molecule has 2 rings (SSSR count). The second-order valence-electron chi connectivity index (χ2n) is 6.41. The topological polar surface area (TPSA) is 99.6 Å². The summed E-state index contributed by atoms with van der Waals surface area (Å²) in [5, 5.41) is 19.8. The van der Waals surface area contributed by atoms with Crippen LogP contribution in [-0.4, -0.2) is 34.8 Å². The molecule has 0 saturated carbocycles. The van der Waals surface area contributed by atoms with E-state index in [4.69, 9.17) is 27.3 Å². The van der Waals surface area contributed by atoms with Gasteiger partial charge in [0, 0.05) is 5.56 Å². The van der Waals surface area contributed by atoms with E-state index in [1.165, 1.54) is 17.0 Å². The number of nitrogens with two attached hydrogens (primary N) is 1. The van der Waals surface area contributed by atoms with E-state index in [9.17, 15) is 9.90 Å². The third kappa shape index (κ3) is 3.11. The summed E-state index contributed by atoms with van der Waals surface area (Å²) in [6, 6.07) is 4.90. The van der Waals surface area contributed by atoms with Gasteiger partial charge in [0.15, 0.2) is 0 Å². The number of nitrogens with zero attached hydrogens (tertiary/aromatic N) is 2. The minimum absolute atomic E-state index is 0.0377. The molecule has 0 bridgehead atoms. The van der Waals surface area contributed by atoms with Gasteiger partial charge in [0.25, 0.3) is 0 Å². The van der Waals surface area contributed by atoms with E-state index in [2.05, 4.69) is 0 Å². The number of benzene rings is 1. The average molecular weight is 324 g/mol. The van der Waals surface area contributed by atoms with Crippen LogP contribution in [0.15, 0.2) is 12.1 Å². The average Bonchev–Trinajstić information content (AvgIpc) is 2.36. The van der Waals surface area contributed by atoms with E-state index >= 15 is 0 Å². The first-order chi connectivity index (χ1) is 10.1. The van der Waals surface area contributed by atoms with E-state index < -0.39 is 17.3 Å². The fraction of sp³-hybridized carbons (Fsp3) is 0.467. The minimum Gasteiger partial charge on any atom is -0.444 e. The molecule has 0 radical (unpaired) electrons. The van der Waals surface area contributed by atoms with Gasteiger partial charge in [0.05, 0.1) is 35.4 Å². The number of nitriles is 1. The summed E-state index contributed by atoms with van der Waals surface area (Å²) < 4.78 is 5.24. The lowest BCUT2D eigenvalue weighted by Crippen LogP contribution is -2.62. The fourth-order valence-electron chi connectivity index (χ4n) is 2.26. The van der Waals surface area contributed by atoms with Crippen molar-refractivity contribution in [2.24, 2.45) is 0 Å². The molecule has 118 valence electrons. The molecule has 3 N–H and O–H groups in total. The summed E-state index contributed by atoms with van der Waals surface area (Å²) in [6.45, 7) is 5.38. The standard InChI is InChI=1S/C15H18ClN3O3/c1-14(2,3)22-13(20)19-7-15(21,8-19)10-4-9(6-17)5-11(18)12(10)16/h4-5,21H,7-8,18H2,1-3H3. The van der Waals surface area contributed by atoms with Crippen LogP contribution in [0.5, 0.6) is 0 Å². The molecule has 1 fully saturated rings. The van der Waals surface area contributed by atoms with Crippen molar-refractivity contribution in [1.82, 2.24) is 4.90 Å². The summed E-state index contributed by atoms with van der Waals surface area (Å²) >= 11 is 6.12. The first-order valence-electron chi connectivity index (χ1n) is 6.76. The van der Waals surface area contributed by atoms with Crippen molar-refractivity contribution in [2.45, 2.75) is 32.0 Å². The lowest BCUT2D eigenvalue weighted by Gasteiger charge is -2.46. The maximum Gasteiger partial charge on any atom is 0.410 e. The summed E-state index contributed by atoms with van der Waals surface area (Å²) in [5.74, 6) is 0. The van der Waals surface area contributed by atoms with Gasteiger partial charge < -0.3 is 20.5 Å². The molecule has 1 amide bonds. The van der Waals surface area contributed by atoms with Gasteiger partial charge in [0.1, 0.15) is 11.2 Å². The van der Waals surface area contributed by atoms with E-state index in [0.29, 0.717) is 11.1 Å². The predicted molar refractivity (Wildman–Crippen MR) is 82.3 cm³/mol. The molecule has 22 heavy (non-hydrogen) atoms. The number of anilines is 1. The third-order valence-corrected chi connectivity index (χ3v) is 3.71. The Morgan fingerprint density at radius 1 is 1.50 bits per heavy atom. The van der Waals surface area contributed by atoms with Gasteiger partial charge in [-0.3, -0.25) is 0 Å². The third-order valence-electron chi connectivity index (χ3n) is 3.29. The number of amides is 1. The Morgan fingerprint density at radius 3 is 2.59 bits per heavy atom. The highest BCUT2D eigenvalue weighted by molar-refractivity contribution is 6.34. The van der Waals surface area contributed by atoms with Crippen LogP contribution in [0.25, 0.3) is 0 Å². The molecule has 1 aromatic carbocycles. The summed E-state index contributed by atoms with van der Waals surface area (Å²) in [7, 11) is 0. The maximum atomic E-state index is 11.9. The second kappa shape index (κ2) is 5.34. The summed E-state index contributed by atoms with van der Waals surface area (Å²) in [5.41, 5.74) is 4.70. The number of ether oxygens (including phenoxy) is 1. The molecule has 0 spiro atoms. The van der Waals surface area contributed by atoms with Gasteiger partial charge in [-0.15, -0.1) is 0 Å². The Bertz CT molecular complexity index is 655. The molecule has 0 atom stereocenters. The van der Waals surface area contributed by atoms with Crippen LogP contribution in [0, 0.1) is 11.3 Å². The van der Waals surface area contributed by atoms with E-state index in [0.717, 1.165) is 0 Å². The number of nitrogen functional groups attached to an aromatic ring is 1. The normalized spacial score (nSPS) is 16.6. The molecule has 1 aliphatic rings. The maximum absolute atomic E-state index is 11.9. The monoisotopic (exact) mass is 323 g/mol. The van der Waals surface area contributed by atoms with E-state index in [1.54, 1.807) is 20.8 Å². The molecule has 0 unspecified atom stereocenters. The van der Waals surface area contributed by atoms with Crippen LogP contribution < -0.4 is 5.73 Å². The number of halogens is 1. The first-order valence-corrected chi connectivity index (χ1v) is 7.13. The van der Waals surface area contributed by atoms with Gasteiger partial charge in [-0.2, -0.15) is 5.26 Å². The predicted octanol–water partition coefficient (Wildman–Crippen LogP) is 2.23. The Hall–Kier alpha value is -1.97. The molecule has 7 heteroatoms. The molecular formula is C15H18ClN3O3. The summed E-state index contributed by atoms with van der Waals surface area (Å²) in [6.07, 6.45) is -0.502. The van der Waals surface area contributed by atoms with Crippen molar-refractivity contribution in [3.63, 3.8) is 0 Å². The molecular weight excluding hydrogens is 306 g/mol.